The van der Waals surface area contributed by atoms with Crippen LogP contribution >= 0.6 is 11.8 Å². The molecule has 1 fully saturated rings. The second-order valence-electron chi connectivity index (χ2n) is 5.30. The minimum atomic E-state index is -0.447. The average molecular weight is 293 g/mol. The normalized spacial score (nSPS) is 23.1. The van der Waals surface area contributed by atoms with Crippen LogP contribution in [0.3, 0.4) is 0 Å². The highest BCUT2D eigenvalue weighted by atomic mass is 32.2. The van der Waals surface area contributed by atoms with Crippen molar-refractivity contribution in [1.29, 1.82) is 0 Å². The van der Waals surface area contributed by atoms with Gasteiger partial charge in [0.05, 0.1) is 16.9 Å². The molecule has 20 heavy (non-hydrogen) atoms. The van der Waals surface area contributed by atoms with Gasteiger partial charge < -0.3 is 15.5 Å². The van der Waals surface area contributed by atoms with Crippen molar-refractivity contribution in [1.82, 2.24) is 4.98 Å². The second kappa shape index (κ2) is 5.44. The van der Waals surface area contributed by atoms with Gasteiger partial charge in [0.25, 0.3) is 0 Å². The van der Waals surface area contributed by atoms with Crippen LogP contribution in [-0.4, -0.2) is 22.5 Å². The highest BCUT2D eigenvalue weighted by molar-refractivity contribution is 7.99. The number of anilines is 2. The number of thioether (sulfide) groups is 1. The summed E-state index contributed by atoms with van der Waals surface area (Å²) in [5, 5.41) is 4.29. The molecular weight excluding hydrogens is 274 g/mol. The quantitative estimate of drug-likeness (QED) is 0.758. The zero-order valence-electron chi connectivity index (χ0n) is 11.4. The number of rotatable bonds is 3. The number of nitrogens with two attached hydrogens (primary N) is 1. The zero-order valence-corrected chi connectivity index (χ0v) is 12.3. The fourth-order valence-electron chi connectivity index (χ4n) is 2.80. The molecule has 0 saturated heterocycles. The molecule has 0 bridgehead atoms. The number of oxazole rings is 1. The molecule has 0 unspecified atom stereocenters. The fourth-order valence-corrected chi connectivity index (χ4v) is 3.54. The van der Waals surface area contributed by atoms with Crippen molar-refractivity contribution in [2.75, 3.05) is 17.3 Å². The Labute approximate surface area is 121 Å². The summed E-state index contributed by atoms with van der Waals surface area (Å²) < 4.78 is 5.00. The Morgan fingerprint density at radius 3 is 2.80 bits per heavy atom. The van der Waals surface area contributed by atoms with Crippen LogP contribution in [0.5, 0.6) is 0 Å². The third kappa shape index (κ3) is 2.65. The molecule has 4 N–H and O–H groups in total. The van der Waals surface area contributed by atoms with Crippen LogP contribution in [0.1, 0.15) is 25.7 Å². The molecule has 2 aromatic rings. The Morgan fingerprint density at radius 1 is 1.35 bits per heavy atom. The molecule has 5 nitrogen and oxygen atoms in total. The van der Waals surface area contributed by atoms with Gasteiger partial charge in [0.2, 0.25) is 0 Å². The molecule has 0 spiro atoms. The van der Waals surface area contributed by atoms with Gasteiger partial charge in [0.15, 0.2) is 5.58 Å². The minimum Gasteiger partial charge on any atom is -0.408 e. The maximum atomic E-state index is 11.2. The van der Waals surface area contributed by atoms with Gasteiger partial charge in [-0.25, -0.2) is 4.79 Å². The van der Waals surface area contributed by atoms with Crippen molar-refractivity contribution in [2.24, 2.45) is 0 Å². The lowest BCUT2D eigenvalue weighted by Gasteiger charge is -2.29. The van der Waals surface area contributed by atoms with Gasteiger partial charge in [0, 0.05) is 17.4 Å². The first-order chi connectivity index (χ1) is 9.65. The fraction of sp³-hybridized carbons (Fsp3) is 0.500. The number of hydrogen-bond acceptors (Lipinski definition) is 5. The van der Waals surface area contributed by atoms with E-state index in [0.29, 0.717) is 22.8 Å². The van der Waals surface area contributed by atoms with Gasteiger partial charge in [-0.15, -0.1) is 0 Å². The monoisotopic (exact) mass is 293 g/mol. The van der Waals surface area contributed by atoms with Crippen LogP contribution in [0.4, 0.5) is 11.4 Å². The molecule has 1 saturated carbocycles. The van der Waals surface area contributed by atoms with Crippen LogP contribution in [0.15, 0.2) is 21.3 Å². The van der Waals surface area contributed by atoms with E-state index in [9.17, 15) is 4.79 Å². The van der Waals surface area contributed by atoms with Crippen molar-refractivity contribution in [2.45, 2.75) is 37.0 Å². The molecule has 108 valence electrons. The van der Waals surface area contributed by atoms with E-state index in [4.69, 9.17) is 10.2 Å². The van der Waals surface area contributed by atoms with E-state index >= 15 is 0 Å². The van der Waals surface area contributed by atoms with Gasteiger partial charge in [-0.05, 0) is 38.0 Å². The number of nitrogens with one attached hydrogen (secondary N) is 2. The van der Waals surface area contributed by atoms with E-state index in [0.717, 1.165) is 23.8 Å². The third-order valence-electron chi connectivity index (χ3n) is 3.96. The van der Waals surface area contributed by atoms with Crippen LogP contribution < -0.4 is 16.8 Å². The maximum absolute atomic E-state index is 11.2. The van der Waals surface area contributed by atoms with Crippen molar-refractivity contribution in [3.05, 3.63) is 22.7 Å². The molecule has 0 aliphatic heterocycles. The molecule has 1 aliphatic carbocycles. The summed E-state index contributed by atoms with van der Waals surface area (Å²) in [7, 11) is 0. The van der Waals surface area contributed by atoms with Gasteiger partial charge >= 0.3 is 5.76 Å². The van der Waals surface area contributed by atoms with Gasteiger partial charge in [-0.3, -0.25) is 4.98 Å². The molecule has 0 atom stereocenters. The van der Waals surface area contributed by atoms with Gasteiger partial charge in [-0.2, -0.15) is 11.8 Å². The zero-order chi connectivity index (χ0) is 14.1. The molecule has 0 amide bonds. The molecule has 0 radical (unpaired) electrons. The average Bonchev–Trinajstić information content (AvgIpc) is 2.79. The lowest BCUT2D eigenvalue weighted by Crippen LogP contribution is -2.27. The van der Waals surface area contributed by atoms with E-state index in [1.807, 2.05) is 17.8 Å². The van der Waals surface area contributed by atoms with Gasteiger partial charge in [-0.1, -0.05) is 0 Å². The number of fused-ring (bicyclic) bond motifs is 1. The summed E-state index contributed by atoms with van der Waals surface area (Å²) in [4.78, 5) is 13.8. The Hall–Kier alpha value is -1.56. The van der Waals surface area contributed by atoms with E-state index in [2.05, 4.69) is 16.6 Å². The molecule has 1 aromatic heterocycles. The summed E-state index contributed by atoms with van der Waals surface area (Å²) in [5.41, 5.74) is 8.71. The predicted molar refractivity (Wildman–Crippen MR) is 84.4 cm³/mol. The van der Waals surface area contributed by atoms with E-state index < -0.39 is 5.76 Å². The van der Waals surface area contributed by atoms with Crippen molar-refractivity contribution < 1.29 is 4.42 Å². The summed E-state index contributed by atoms with van der Waals surface area (Å²) in [6, 6.07) is 4.01. The highest BCUT2D eigenvalue weighted by Crippen LogP contribution is 2.31. The minimum absolute atomic E-state index is 0.447. The third-order valence-corrected chi connectivity index (χ3v) is 5.10. The van der Waals surface area contributed by atoms with Crippen LogP contribution in [0, 0.1) is 0 Å². The Kier molecular flexibility index (Phi) is 3.65. The smallest absolute Gasteiger partial charge is 0.408 e. The lowest BCUT2D eigenvalue weighted by molar-refractivity contribution is 0.473. The molecular formula is C14H19N3O2S. The second-order valence-corrected chi connectivity index (χ2v) is 6.44. The first-order valence-electron chi connectivity index (χ1n) is 6.87. The van der Waals surface area contributed by atoms with Crippen molar-refractivity contribution in [3.8, 4) is 0 Å². The number of nitrogen functional groups attached to an aromatic ring is 1. The van der Waals surface area contributed by atoms with E-state index in [1.165, 1.54) is 12.8 Å². The standard InChI is InChI=1S/C14H19N3O2S/c1-20-9-4-2-8(3-5-9)16-11-7-12-13(6-10(11)15)19-14(18)17-12/h6-9,16H,2-5,15H2,1H3,(H,17,18). The van der Waals surface area contributed by atoms with Crippen molar-refractivity contribution in [3.63, 3.8) is 0 Å². The van der Waals surface area contributed by atoms with Crippen LogP contribution in [-0.2, 0) is 0 Å². The number of H-pyrrole nitrogens is 1. The van der Waals surface area contributed by atoms with E-state index in [1.54, 1.807) is 6.07 Å². The summed E-state index contributed by atoms with van der Waals surface area (Å²) in [5.74, 6) is -0.447. The van der Waals surface area contributed by atoms with Crippen molar-refractivity contribution >= 4 is 34.2 Å². The molecule has 3 rings (SSSR count). The number of aromatic amines is 1. The molecule has 1 aromatic carbocycles. The number of hydrogen-bond donors (Lipinski definition) is 3. The first kappa shape index (κ1) is 13.4. The molecule has 6 heteroatoms. The summed E-state index contributed by atoms with van der Waals surface area (Å²) in [6.45, 7) is 0. The Balaban J connectivity index is 1.77. The highest BCUT2D eigenvalue weighted by Gasteiger charge is 2.21. The molecule has 1 aliphatic rings. The Morgan fingerprint density at radius 2 is 2.10 bits per heavy atom. The molecule has 1 heterocycles. The Bertz CT molecular complexity index is 656. The number of aromatic nitrogens is 1. The topological polar surface area (TPSA) is 84.0 Å². The first-order valence-corrected chi connectivity index (χ1v) is 8.16. The largest absolute Gasteiger partial charge is 0.417 e. The SMILES string of the molecule is CSC1CCC(Nc2cc3[nH]c(=O)oc3cc2N)CC1. The van der Waals surface area contributed by atoms with E-state index in [-0.39, 0.29) is 0 Å². The predicted octanol–water partition coefficient (Wildman–Crippen LogP) is 2.79. The van der Waals surface area contributed by atoms with Crippen LogP contribution in [0.25, 0.3) is 11.1 Å². The summed E-state index contributed by atoms with van der Waals surface area (Å²) in [6.07, 6.45) is 6.97. The lowest BCUT2D eigenvalue weighted by atomic mass is 9.94. The number of benzene rings is 1. The summed E-state index contributed by atoms with van der Waals surface area (Å²) >= 11 is 1.96. The maximum Gasteiger partial charge on any atom is 0.417 e. The van der Waals surface area contributed by atoms with Crippen LogP contribution in [0.2, 0.25) is 0 Å². The van der Waals surface area contributed by atoms with Gasteiger partial charge in [0.1, 0.15) is 0 Å².